The Kier molecular flexibility index (Phi) is 6.26. The van der Waals surface area contributed by atoms with Gasteiger partial charge < -0.3 is 9.64 Å². The number of ether oxygens (including phenoxy) is 1. The molecule has 0 spiro atoms. The third-order valence-corrected chi connectivity index (χ3v) is 2.95. The van der Waals surface area contributed by atoms with Gasteiger partial charge in [-0.3, -0.25) is 0 Å². The minimum Gasteiger partial charge on any atom is -0.377 e. The molecule has 1 saturated heterocycles. The molecule has 0 N–H and O–H groups in total. The highest BCUT2D eigenvalue weighted by Gasteiger charge is 2.22. The highest BCUT2D eigenvalue weighted by atomic mass is 16.5. The molecule has 1 fully saturated rings. The molecule has 2 heteroatoms. The van der Waals surface area contributed by atoms with Crippen molar-refractivity contribution in [1.29, 1.82) is 0 Å². The average molecular weight is 213 g/mol. The molecule has 0 aliphatic carbocycles. The van der Waals surface area contributed by atoms with Gasteiger partial charge in [0.15, 0.2) is 0 Å². The molecule has 2 nitrogen and oxygen atoms in total. The van der Waals surface area contributed by atoms with Crippen LogP contribution in [0.2, 0.25) is 0 Å². The van der Waals surface area contributed by atoms with Crippen LogP contribution in [-0.4, -0.2) is 37.2 Å². The first kappa shape index (κ1) is 13.0. The van der Waals surface area contributed by atoms with Crippen molar-refractivity contribution in [3.05, 3.63) is 0 Å². The molecular weight excluding hydrogens is 186 g/mol. The van der Waals surface area contributed by atoms with E-state index in [0.717, 1.165) is 19.1 Å². The lowest BCUT2D eigenvalue weighted by molar-refractivity contribution is 0.0558. The van der Waals surface area contributed by atoms with Crippen LogP contribution >= 0.6 is 0 Å². The Bertz CT molecular complexity index is 159. The SMILES string of the molecule is CCCCCO[C@@H]1CCN(CC(C)C)C1. The summed E-state index contributed by atoms with van der Waals surface area (Å²) in [5, 5.41) is 0. The topological polar surface area (TPSA) is 12.5 Å². The van der Waals surface area contributed by atoms with Gasteiger partial charge in [0.2, 0.25) is 0 Å². The highest BCUT2D eigenvalue weighted by Crippen LogP contribution is 2.14. The summed E-state index contributed by atoms with van der Waals surface area (Å²) in [6, 6.07) is 0. The molecule has 0 aromatic heterocycles. The Balaban J connectivity index is 2.03. The van der Waals surface area contributed by atoms with Gasteiger partial charge in [-0.05, 0) is 18.8 Å². The maximum Gasteiger partial charge on any atom is 0.0714 e. The van der Waals surface area contributed by atoms with Crippen molar-refractivity contribution in [3.8, 4) is 0 Å². The van der Waals surface area contributed by atoms with E-state index in [0.29, 0.717) is 6.10 Å². The summed E-state index contributed by atoms with van der Waals surface area (Å²) in [7, 11) is 0. The highest BCUT2D eigenvalue weighted by molar-refractivity contribution is 4.76. The molecule has 1 heterocycles. The zero-order chi connectivity index (χ0) is 11.1. The zero-order valence-corrected chi connectivity index (χ0v) is 10.7. The fourth-order valence-corrected chi connectivity index (χ4v) is 2.22. The fourth-order valence-electron chi connectivity index (χ4n) is 2.22. The van der Waals surface area contributed by atoms with Crippen LogP contribution in [0.4, 0.5) is 0 Å². The van der Waals surface area contributed by atoms with Gasteiger partial charge >= 0.3 is 0 Å². The van der Waals surface area contributed by atoms with Crippen LogP contribution < -0.4 is 0 Å². The first-order valence-electron chi connectivity index (χ1n) is 6.56. The Labute approximate surface area is 95.0 Å². The van der Waals surface area contributed by atoms with Gasteiger partial charge in [-0.15, -0.1) is 0 Å². The largest absolute Gasteiger partial charge is 0.377 e. The lowest BCUT2D eigenvalue weighted by Gasteiger charge is -2.18. The van der Waals surface area contributed by atoms with E-state index in [-0.39, 0.29) is 0 Å². The Morgan fingerprint density at radius 2 is 2.13 bits per heavy atom. The molecular formula is C13H27NO. The third kappa shape index (κ3) is 5.53. The Hall–Kier alpha value is -0.0800. The maximum absolute atomic E-state index is 5.88. The van der Waals surface area contributed by atoms with Crippen molar-refractivity contribution in [3.63, 3.8) is 0 Å². The first-order valence-corrected chi connectivity index (χ1v) is 6.56. The summed E-state index contributed by atoms with van der Waals surface area (Å²) >= 11 is 0. The van der Waals surface area contributed by atoms with E-state index < -0.39 is 0 Å². The molecule has 0 saturated carbocycles. The Morgan fingerprint density at radius 1 is 1.33 bits per heavy atom. The van der Waals surface area contributed by atoms with E-state index in [1.165, 1.54) is 38.8 Å². The first-order chi connectivity index (χ1) is 7.22. The number of nitrogens with zero attached hydrogens (tertiary/aromatic N) is 1. The van der Waals surface area contributed by atoms with E-state index in [1.807, 2.05) is 0 Å². The van der Waals surface area contributed by atoms with E-state index in [2.05, 4.69) is 25.7 Å². The van der Waals surface area contributed by atoms with Crippen molar-refractivity contribution >= 4 is 0 Å². The molecule has 0 aromatic rings. The van der Waals surface area contributed by atoms with Gasteiger partial charge in [-0.2, -0.15) is 0 Å². The molecule has 1 aliphatic heterocycles. The fraction of sp³-hybridized carbons (Fsp3) is 1.00. The monoisotopic (exact) mass is 213 g/mol. The average Bonchev–Trinajstić information content (AvgIpc) is 2.59. The lowest BCUT2D eigenvalue weighted by atomic mass is 10.2. The Morgan fingerprint density at radius 3 is 2.80 bits per heavy atom. The lowest BCUT2D eigenvalue weighted by Crippen LogP contribution is -2.27. The molecule has 1 rings (SSSR count). The smallest absolute Gasteiger partial charge is 0.0714 e. The van der Waals surface area contributed by atoms with Crippen molar-refractivity contribution in [2.75, 3.05) is 26.2 Å². The minimum atomic E-state index is 0.514. The molecule has 0 radical (unpaired) electrons. The molecule has 90 valence electrons. The van der Waals surface area contributed by atoms with E-state index >= 15 is 0 Å². The van der Waals surface area contributed by atoms with Crippen LogP contribution in [0.25, 0.3) is 0 Å². The molecule has 1 atom stereocenters. The number of rotatable bonds is 7. The number of unbranched alkanes of at least 4 members (excludes halogenated alkanes) is 2. The number of hydrogen-bond donors (Lipinski definition) is 0. The number of hydrogen-bond acceptors (Lipinski definition) is 2. The van der Waals surface area contributed by atoms with Crippen LogP contribution in [0, 0.1) is 5.92 Å². The summed E-state index contributed by atoms with van der Waals surface area (Å²) in [5.74, 6) is 0.781. The van der Waals surface area contributed by atoms with Crippen molar-refractivity contribution in [2.24, 2.45) is 5.92 Å². The summed E-state index contributed by atoms with van der Waals surface area (Å²) < 4.78 is 5.88. The van der Waals surface area contributed by atoms with Crippen molar-refractivity contribution in [2.45, 2.75) is 52.6 Å². The van der Waals surface area contributed by atoms with Gasteiger partial charge in [0.25, 0.3) is 0 Å². The normalized spacial score (nSPS) is 22.8. The van der Waals surface area contributed by atoms with Gasteiger partial charge in [0.1, 0.15) is 0 Å². The minimum absolute atomic E-state index is 0.514. The zero-order valence-electron chi connectivity index (χ0n) is 10.7. The molecule has 0 amide bonds. The standard InChI is InChI=1S/C13H27NO/c1-4-5-6-9-15-13-7-8-14(11-13)10-12(2)3/h12-13H,4-11H2,1-3H3/t13-/m1/s1. The second-order valence-electron chi connectivity index (χ2n) is 5.14. The summed E-state index contributed by atoms with van der Waals surface area (Å²) in [4.78, 5) is 2.54. The van der Waals surface area contributed by atoms with Crippen LogP contribution in [0.5, 0.6) is 0 Å². The predicted molar refractivity (Wildman–Crippen MR) is 65.2 cm³/mol. The van der Waals surface area contributed by atoms with Gasteiger partial charge in [-0.25, -0.2) is 0 Å². The van der Waals surface area contributed by atoms with Crippen LogP contribution in [0.15, 0.2) is 0 Å². The van der Waals surface area contributed by atoms with E-state index in [4.69, 9.17) is 4.74 Å². The molecule has 15 heavy (non-hydrogen) atoms. The molecule has 0 bridgehead atoms. The summed E-state index contributed by atoms with van der Waals surface area (Å²) in [6.45, 7) is 11.4. The number of likely N-dealkylation sites (tertiary alicyclic amines) is 1. The van der Waals surface area contributed by atoms with Crippen LogP contribution in [0.3, 0.4) is 0 Å². The second-order valence-corrected chi connectivity index (χ2v) is 5.14. The van der Waals surface area contributed by atoms with Crippen LogP contribution in [-0.2, 0) is 4.74 Å². The van der Waals surface area contributed by atoms with Gasteiger partial charge in [0.05, 0.1) is 6.10 Å². The van der Waals surface area contributed by atoms with E-state index in [1.54, 1.807) is 0 Å². The second kappa shape index (κ2) is 7.24. The van der Waals surface area contributed by atoms with Crippen molar-refractivity contribution in [1.82, 2.24) is 4.90 Å². The van der Waals surface area contributed by atoms with Crippen LogP contribution in [0.1, 0.15) is 46.5 Å². The van der Waals surface area contributed by atoms with E-state index in [9.17, 15) is 0 Å². The molecule has 0 unspecified atom stereocenters. The van der Waals surface area contributed by atoms with Gasteiger partial charge in [0, 0.05) is 26.2 Å². The van der Waals surface area contributed by atoms with Crippen molar-refractivity contribution < 1.29 is 4.74 Å². The quantitative estimate of drug-likeness (QED) is 0.603. The molecule has 0 aromatic carbocycles. The molecule has 1 aliphatic rings. The summed E-state index contributed by atoms with van der Waals surface area (Å²) in [6.07, 6.45) is 5.58. The summed E-state index contributed by atoms with van der Waals surface area (Å²) in [5.41, 5.74) is 0. The maximum atomic E-state index is 5.88. The third-order valence-electron chi connectivity index (χ3n) is 2.95. The predicted octanol–water partition coefficient (Wildman–Crippen LogP) is 2.92. The van der Waals surface area contributed by atoms with Gasteiger partial charge in [-0.1, -0.05) is 33.6 Å².